The van der Waals surface area contributed by atoms with Crippen molar-refractivity contribution in [1.29, 1.82) is 0 Å². The van der Waals surface area contributed by atoms with Gasteiger partial charge in [0.25, 0.3) is 11.5 Å². The molecule has 0 bridgehead atoms. The molecule has 1 saturated heterocycles. The summed E-state index contributed by atoms with van der Waals surface area (Å²) < 4.78 is 15.3. The average molecular weight is 346 g/mol. The molecule has 1 fully saturated rings. The van der Waals surface area contributed by atoms with Gasteiger partial charge in [0.2, 0.25) is 0 Å². The lowest BCUT2D eigenvalue weighted by Gasteiger charge is -2.33. The van der Waals surface area contributed by atoms with Gasteiger partial charge in [0.15, 0.2) is 5.82 Å². The van der Waals surface area contributed by atoms with Crippen molar-refractivity contribution in [2.45, 2.75) is 18.9 Å². The molecule has 2 N–H and O–H groups in total. The number of benzene rings is 1. The second kappa shape index (κ2) is 6.92. The van der Waals surface area contributed by atoms with Crippen molar-refractivity contribution >= 4 is 11.7 Å². The Kier molecular flexibility index (Phi) is 4.69. The average Bonchev–Trinajstić information content (AvgIpc) is 2.57. The first-order valence-electron chi connectivity index (χ1n) is 8.02. The zero-order valence-electron chi connectivity index (χ0n) is 13.8. The van der Waals surface area contributed by atoms with Crippen LogP contribution >= 0.6 is 0 Å². The van der Waals surface area contributed by atoms with Gasteiger partial charge < -0.3 is 19.9 Å². The van der Waals surface area contributed by atoms with E-state index in [4.69, 9.17) is 0 Å². The maximum atomic E-state index is 13.8. The van der Waals surface area contributed by atoms with Crippen LogP contribution in [0.2, 0.25) is 0 Å². The number of hydrogen-bond acceptors (Lipinski definition) is 5. The maximum absolute atomic E-state index is 13.8. The molecule has 7 nitrogen and oxygen atoms in total. The molecular weight excluding hydrogens is 327 g/mol. The summed E-state index contributed by atoms with van der Waals surface area (Å²) in [5.41, 5.74) is -0.574. The molecule has 25 heavy (non-hydrogen) atoms. The van der Waals surface area contributed by atoms with Gasteiger partial charge in [-0.2, -0.15) is 0 Å². The minimum Gasteiger partial charge on any atom is -0.507 e. The van der Waals surface area contributed by atoms with Crippen LogP contribution in [0.15, 0.2) is 35.4 Å². The van der Waals surface area contributed by atoms with E-state index in [1.807, 2.05) is 4.90 Å². The molecule has 1 unspecified atom stereocenters. The van der Waals surface area contributed by atoms with E-state index >= 15 is 0 Å². The van der Waals surface area contributed by atoms with Crippen LogP contribution in [0.3, 0.4) is 0 Å². The molecule has 1 aromatic carbocycles. The van der Waals surface area contributed by atoms with Gasteiger partial charge in [0.05, 0.1) is 0 Å². The lowest BCUT2D eigenvalue weighted by Crippen LogP contribution is -2.49. The predicted molar refractivity (Wildman–Crippen MR) is 90.2 cm³/mol. The molecule has 1 aliphatic heterocycles. The number of nitrogens with zero attached hydrogens (tertiary/aromatic N) is 3. The van der Waals surface area contributed by atoms with Crippen LogP contribution < -0.4 is 15.8 Å². The van der Waals surface area contributed by atoms with E-state index < -0.39 is 17.5 Å². The monoisotopic (exact) mass is 346 g/mol. The van der Waals surface area contributed by atoms with Crippen molar-refractivity contribution in [2.75, 3.05) is 18.0 Å². The van der Waals surface area contributed by atoms with Gasteiger partial charge in [-0.05, 0) is 25.0 Å². The summed E-state index contributed by atoms with van der Waals surface area (Å²) in [6.07, 6.45) is 4.59. The number of aromatic hydroxyl groups is 1. The summed E-state index contributed by atoms with van der Waals surface area (Å²) >= 11 is 0. The molecule has 1 atom stereocenters. The second-order valence-corrected chi connectivity index (χ2v) is 6.06. The normalized spacial score (nSPS) is 17.4. The minimum atomic E-state index is -0.774. The van der Waals surface area contributed by atoms with Crippen molar-refractivity contribution in [2.24, 2.45) is 7.05 Å². The third-order valence-corrected chi connectivity index (χ3v) is 4.27. The fourth-order valence-electron chi connectivity index (χ4n) is 2.98. The number of amides is 1. The molecule has 1 aromatic heterocycles. The molecule has 0 saturated carbocycles. The van der Waals surface area contributed by atoms with E-state index in [-0.39, 0.29) is 17.2 Å². The third-order valence-electron chi connectivity index (χ3n) is 4.27. The van der Waals surface area contributed by atoms with Crippen LogP contribution in [0.25, 0.3) is 0 Å². The molecule has 0 aliphatic carbocycles. The van der Waals surface area contributed by atoms with Crippen LogP contribution in [0.4, 0.5) is 10.2 Å². The predicted octanol–water partition coefficient (Wildman–Crippen LogP) is 1.02. The number of halogens is 1. The fraction of sp³-hybridized carbons (Fsp3) is 0.353. The van der Waals surface area contributed by atoms with E-state index in [2.05, 4.69) is 10.3 Å². The smallest absolute Gasteiger partial charge is 0.293 e. The number of hydrogen-bond donors (Lipinski definition) is 2. The molecule has 2 heterocycles. The van der Waals surface area contributed by atoms with Gasteiger partial charge in [-0.25, -0.2) is 9.37 Å². The number of aromatic nitrogens is 2. The lowest BCUT2D eigenvalue weighted by atomic mass is 10.0. The van der Waals surface area contributed by atoms with Gasteiger partial charge in [-0.1, -0.05) is 6.07 Å². The van der Waals surface area contributed by atoms with Gasteiger partial charge in [0.1, 0.15) is 17.1 Å². The van der Waals surface area contributed by atoms with Crippen LogP contribution in [0.1, 0.15) is 23.2 Å². The summed E-state index contributed by atoms with van der Waals surface area (Å²) in [6.45, 7) is 1.05. The largest absolute Gasteiger partial charge is 0.507 e. The summed E-state index contributed by atoms with van der Waals surface area (Å²) in [7, 11) is 1.65. The molecular formula is C17H19FN4O3. The first kappa shape index (κ1) is 16.9. The minimum absolute atomic E-state index is 0.207. The quantitative estimate of drug-likeness (QED) is 0.867. The highest BCUT2D eigenvalue weighted by molar-refractivity contribution is 5.97. The van der Waals surface area contributed by atoms with E-state index in [0.29, 0.717) is 25.3 Å². The van der Waals surface area contributed by atoms with Crippen LogP contribution in [-0.2, 0) is 7.05 Å². The Hall–Kier alpha value is -2.90. The van der Waals surface area contributed by atoms with Crippen LogP contribution in [0.5, 0.6) is 5.75 Å². The Morgan fingerprint density at radius 1 is 1.44 bits per heavy atom. The molecule has 132 valence electrons. The highest BCUT2D eigenvalue weighted by Crippen LogP contribution is 2.21. The first-order valence-corrected chi connectivity index (χ1v) is 8.02. The number of carbonyl (C=O) groups is 1. The summed E-state index contributed by atoms with van der Waals surface area (Å²) in [5, 5.41) is 12.5. The van der Waals surface area contributed by atoms with E-state index in [1.165, 1.54) is 16.7 Å². The van der Waals surface area contributed by atoms with E-state index in [1.54, 1.807) is 19.4 Å². The number of carbonyl (C=O) groups excluding carboxylic acids is 1. The number of piperidine rings is 1. The van der Waals surface area contributed by atoms with Crippen LogP contribution in [0, 0.1) is 5.82 Å². The van der Waals surface area contributed by atoms with Crippen LogP contribution in [-0.4, -0.2) is 39.7 Å². The van der Waals surface area contributed by atoms with Crippen molar-refractivity contribution in [3.63, 3.8) is 0 Å². The second-order valence-electron chi connectivity index (χ2n) is 6.06. The fourth-order valence-corrected chi connectivity index (χ4v) is 2.98. The topological polar surface area (TPSA) is 87.5 Å². The number of nitrogens with one attached hydrogen (secondary N) is 1. The number of aryl methyl sites for hydroxylation is 1. The Morgan fingerprint density at radius 2 is 2.24 bits per heavy atom. The van der Waals surface area contributed by atoms with Gasteiger partial charge in [0, 0.05) is 38.6 Å². The molecule has 0 radical (unpaired) electrons. The number of anilines is 1. The van der Waals surface area contributed by atoms with Crippen molar-refractivity contribution in [3.8, 4) is 5.75 Å². The van der Waals surface area contributed by atoms with Gasteiger partial charge in [-0.15, -0.1) is 0 Å². The number of rotatable bonds is 3. The Morgan fingerprint density at radius 3 is 3.00 bits per heavy atom. The number of phenols is 1. The Bertz CT molecular complexity index is 832. The molecule has 0 spiro atoms. The summed E-state index contributed by atoms with van der Waals surface area (Å²) in [4.78, 5) is 30.5. The first-order chi connectivity index (χ1) is 12.0. The van der Waals surface area contributed by atoms with Crippen molar-refractivity contribution < 1.29 is 14.3 Å². The maximum Gasteiger partial charge on any atom is 0.293 e. The molecule has 2 aromatic rings. The number of phenolic OH excluding ortho intramolecular Hbond substituents is 1. The third kappa shape index (κ3) is 3.47. The zero-order valence-corrected chi connectivity index (χ0v) is 13.8. The highest BCUT2D eigenvalue weighted by Gasteiger charge is 2.26. The zero-order chi connectivity index (χ0) is 18.0. The highest BCUT2D eigenvalue weighted by atomic mass is 19.1. The molecule has 1 aliphatic rings. The summed E-state index contributed by atoms with van der Waals surface area (Å²) in [5.74, 6) is -1.51. The van der Waals surface area contributed by atoms with Crippen molar-refractivity contribution in [1.82, 2.24) is 14.9 Å². The SMILES string of the molecule is Cn1ccnc(N2CCCC(NC(=O)c3c(O)cccc3F)C2)c1=O. The lowest BCUT2D eigenvalue weighted by molar-refractivity contribution is 0.0926. The Labute approximate surface area is 143 Å². The molecule has 1 amide bonds. The van der Waals surface area contributed by atoms with Crippen molar-refractivity contribution in [3.05, 3.63) is 52.3 Å². The van der Waals surface area contributed by atoms with E-state index in [9.17, 15) is 19.1 Å². The molecule has 8 heteroatoms. The molecule has 3 rings (SSSR count). The standard InChI is InChI=1S/C17H19FN4O3/c1-21-9-7-19-15(17(21)25)22-8-3-4-11(10-22)20-16(24)14-12(18)5-2-6-13(14)23/h2,5-7,9,11,23H,3-4,8,10H2,1H3,(H,20,24). The Balaban J connectivity index is 1.75. The van der Waals surface area contributed by atoms with Gasteiger partial charge in [-0.3, -0.25) is 9.59 Å². The van der Waals surface area contributed by atoms with E-state index in [0.717, 1.165) is 12.5 Å². The summed E-state index contributed by atoms with van der Waals surface area (Å²) in [6, 6.07) is 3.45. The van der Waals surface area contributed by atoms with Gasteiger partial charge >= 0.3 is 0 Å².